The van der Waals surface area contributed by atoms with Gasteiger partial charge in [0.15, 0.2) is 22.5 Å². The molecule has 140 valence electrons. The fraction of sp³-hybridized carbons (Fsp3) is 0.150. The monoisotopic (exact) mass is 408 g/mol. The Morgan fingerprint density at radius 3 is 2.75 bits per heavy atom. The maximum absolute atomic E-state index is 5.53. The van der Waals surface area contributed by atoms with Crippen LogP contribution in [0.5, 0.6) is 11.5 Å². The summed E-state index contributed by atoms with van der Waals surface area (Å²) in [5.74, 6) is 2.99. The lowest BCUT2D eigenvalue weighted by Gasteiger charge is -2.10. The van der Waals surface area contributed by atoms with Crippen molar-refractivity contribution in [3.8, 4) is 28.6 Å². The maximum atomic E-state index is 5.53. The minimum Gasteiger partial charge on any atom is -0.454 e. The Bertz CT molecular complexity index is 1120. The van der Waals surface area contributed by atoms with E-state index in [0.717, 1.165) is 50.2 Å². The van der Waals surface area contributed by atoms with Gasteiger partial charge in [-0.25, -0.2) is 4.98 Å². The van der Waals surface area contributed by atoms with Crippen molar-refractivity contribution < 1.29 is 9.47 Å². The smallest absolute Gasteiger partial charge is 0.231 e. The predicted molar refractivity (Wildman–Crippen MR) is 109 cm³/mol. The summed E-state index contributed by atoms with van der Waals surface area (Å²) in [5.41, 5.74) is 2.99. The number of hydrogen-bond acceptors (Lipinski definition) is 7. The van der Waals surface area contributed by atoms with E-state index in [1.165, 1.54) is 0 Å². The largest absolute Gasteiger partial charge is 0.454 e. The molecule has 0 atom stereocenters. The van der Waals surface area contributed by atoms with Crippen molar-refractivity contribution in [3.05, 3.63) is 64.6 Å². The summed E-state index contributed by atoms with van der Waals surface area (Å²) >= 11 is 3.29. The minimum absolute atomic E-state index is 0.248. The van der Waals surface area contributed by atoms with Crippen LogP contribution in [0.4, 0.5) is 0 Å². The Hall–Kier alpha value is -2.84. The molecule has 5 rings (SSSR count). The van der Waals surface area contributed by atoms with E-state index in [4.69, 9.17) is 9.47 Å². The van der Waals surface area contributed by atoms with Crippen LogP contribution in [0.25, 0.3) is 17.1 Å². The number of para-hydroxylation sites is 1. The highest BCUT2D eigenvalue weighted by molar-refractivity contribution is 7.98. The van der Waals surface area contributed by atoms with Crippen LogP contribution < -0.4 is 9.47 Å². The zero-order valence-electron chi connectivity index (χ0n) is 15.0. The molecule has 0 radical (unpaired) electrons. The topological polar surface area (TPSA) is 62.1 Å². The number of aryl methyl sites for hydroxylation is 1. The van der Waals surface area contributed by atoms with Gasteiger partial charge in [-0.3, -0.25) is 4.57 Å². The summed E-state index contributed by atoms with van der Waals surface area (Å²) in [5, 5.41) is 12.9. The van der Waals surface area contributed by atoms with E-state index in [1.807, 2.05) is 43.3 Å². The fourth-order valence-corrected chi connectivity index (χ4v) is 4.57. The SMILES string of the molecule is Cc1nc(CSc2nnc(-c3ccc4c(c3)OCO4)n2-c2ccccc2)cs1. The maximum Gasteiger partial charge on any atom is 0.231 e. The highest BCUT2D eigenvalue weighted by Gasteiger charge is 2.20. The van der Waals surface area contributed by atoms with Crippen molar-refractivity contribution >= 4 is 23.1 Å². The number of nitrogens with zero attached hydrogens (tertiary/aromatic N) is 4. The van der Waals surface area contributed by atoms with Gasteiger partial charge < -0.3 is 9.47 Å². The Labute approximate surface area is 170 Å². The Balaban J connectivity index is 1.54. The van der Waals surface area contributed by atoms with Crippen LogP contribution in [0.1, 0.15) is 10.7 Å². The van der Waals surface area contributed by atoms with Crippen LogP contribution in [0.3, 0.4) is 0 Å². The summed E-state index contributed by atoms with van der Waals surface area (Å²) in [6.45, 7) is 2.27. The van der Waals surface area contributed by atoms with E-state index in [9.17, 15) is 0 Å². The number of thiazole rings is 1. The van der Waals surface area contributed by atoms with Gasteiger partial charge in [0.2, 0.25) is 6.79 Å². The average molecular weight is 409 g/mol. The van der Waals surface area contributed by atoms with Crippen molar-refractivity contribution in [1.29, 1.82) is 0 Å². The first-order valence-corrected chi connectivity index (χ1v) is 10.6. The van der Waals surface area contributed by atoms with Gasteiger partial charge in [0.05, 0.1) is 10.7 Å². The van der Waals surface area contributed by atoms with E-state index in [2.05, 4.69) is 37.3 Å². The molecule has 0 saturated heterocycles. The third-order valence-corrected chi connectivity index (χ3v) is 6.08. The Morgan fingerprint density at radius 1 is 1.07 bits per heavy atom. The van der Waals surface area contributed by atoms with Crippen LogP contribution in [0.2, 0.25) is 0 Å². The molecule has 0 spiro atoms. The molecule has 2 aromatic heterocycles. The lowest BCUT2D eigenvalue weighted by Crippen LogP contribution is -1.99. The molecule has 3 heterocycles. The van der Waals surface area contributed by atoms with Gasteiger partial charge in [0, 0.05) is 22.4 Å². The van der Waals surface area contributed by atoms with Gasteiger partial charge in [-0.15, -0.1) is 21.5 Å². The summed E-state index contributed by atoms with van der Waals surface area (Å²) in [6.07, 6.45) is 0. The van der Waals surface area contributed by atoms with Crippen LogP contribution in [0, 0.1) is 6.92 Å². The van der Waals surface area contributed by atoms with E-state index in [-0.39, 0.29) is 6.79 Å². The molecular weight excluding hydrogens is 392 g/mol. The number of thioether (sulfide) groups is 1. The van der Waals surface area contributed by atoms with Gasteiger partial charge in [-0.2, -0.15) is 0 Å². The van der Waals surface area contributed by atoms with Crippen molar-refractivity contribution in [3.63, 3.8) is 0 Å². The van der Waals surface area contributed by atoms with Crippen LogP contribution in [0.15, 0.2) is 59.1 Å². The molecule has 2 aromatic carbocycles. The molecule has 0 bridgehead atoms. The molecule has 6 nitrogen and oxygen atoms in total. The van der Waals surface area contributed by atoms with Crippen molar-refractivity contribution in [2.75, 3.05) is 6.79 Å². The molecule has 4 aromatic rings. The first kappa shape index (κ1) is 17.3. The number of fused-ring (bicyclic) bond motifs is 1. The number of benzene rings is 2. The predicted octanol–water partition coefficient (Wildman–Crippen LogP) is 4.72. The average Bonchev–Trinajstić information content (AvgIpc) is 3.45. The van der Waals surface area contributed by atoms with Gasteiger partial charge in [-0.1, -0.05) is 30.0 Å². The zero-order chi connectivity index (χ0) is 18.9. The second-order valence-electron chi connectivity index (χ2n) is 6.19. The molecule has 0 amide bonds. The van der Waals surface area contributed by atoms with Crippen molar-refractivity contribution in [2.24, 2.45) is 0 Å². The molecule has 0 unspecified atom stereocenters. The normalized spacial score (nSPS) is 12.5. The van der Waals surface area contributed by atoms with Gasteiger partial charge in [0.25, 0.3) is 0 Å². The second kappa shape index (κ2) is 7.29. The molecule has 0 N–H and O–H groups in total. The lowest BCUT2D eigenvalue weighted by atomic mass is 10.2. The first-order chi connectivity index (χ1) is 13.8. The zero-order valence-corrected chi connectivity index (χ0v) is 16.7. The van der Waals surface area contributed by atoms with Crippen molar-refractivity contribution in [1.82, 2.24) is 19.7 Å². The number of rotatable bonds is 5. The van der Waals surface area contributed by atoms with E-state index in [1.54, 1.807) is 23.1 Å². The van der Waals surface area contributed by atoms with Crippen LogP contribution >= 0.6 is 23.1 Å². The second-order valence-corrected chi connectivity index (χ2v) is 8.20. The summed E-state index contributed by atoms with van der Waals surface area (Å²) in [7, 11) is 0. The van der Waals surface area contributed by atoms with E-state index in [0.29, 0.717) is 0 Å². The van der Waals surface area contributed by atoms with Crippen LogP contribution in [-0.4, -0.2) is 26.5 Å². The molecule has 0 fully saturated rings. The third kappa shape index (κ3) is 3.25. The number of ether oxygens (including phenoxy) is 2. The summed E-state index contributed by atoms with van der Waals surface area (Å²) in [6, 6.07) is 16.0. The highest BCUT2D eigenvalue weighted by atomic mass is 32.2. The Kier molecular flexibility index (Phi) is 4.50. The van der Waals surface area contributed by atoms with Gasteiger partial charge >= 0.3 is 0 Å². The standard InChI is InChI=1S/C20H16N4O2S2/c1-13-21-15(10-27-13)11-28-20-23-22-19(24(20)16-5-3-2-4-6-16)14-7-8-17-18(9-14)26-12-25-17/h2-10H,11-12H2,1H3. The van der Waals surface area contributed by atoms with E-state index >= 15 is 0 Å². The molecular formula is C20H16N4O2S2. The summed E-state index contributed by atoms with van der Waals surface area (Å²) < 4.78 is 13.0. The number of aromatic nitrogens is 4. The number of hydrogen-bond donors (Lipinski definition) is 0. The third-order valence-electron chi connectivity index (χ3n) is 4.29. The van der Waals surface area contributed by atoms with Crippen molar-refractivity contribution in [2.45, 2.75) is 17.8 Å². The lowest BCUT2D eigenvalue weighted by molar-refractivity contribution is 0.174. The van der Waals surface area contributed by atoms with Crippen LogP contribution in [-0.2, 0) is 5.75 Å². The minimum atomic E-state index is 0.248. The fourth-order valence-electron chi connectivity index (χ4n) is 3.01. The van der Waals surface area contributed by atoms with Gasteiger partial charge in [-0.05, 0) is 37.3 Å². The quantitative estimate of drug-likeness (QED) is 0.445. The highest BCUT2D eigenvalue weighted by Crippen LogP contribution is 2.37. The molecule has 28 heavy (non-hydrogen) atoms. The molecule has 8 heteroatoms. The van der Waals surface area contributed by atoms with E-state index < -0.39 is 0 Å². The van der Waals surface area contributed by atoms with Gasteiger partial charge in [0.1, 0.15) is 0 Å². The molecule has 1 aliphatic rings. The summed E-state index contributed by atoms with van der Waals surface area (Å²) in [4.78, 5) is 4.54. The molecule has 1 aliphatic heterocycles. The molecule has 0 aliphatic carbocycles. The molecule has 0 saturated carbocycles. The first-order valence-electron chi connectivity index (χ1n) is 8.72. The Morgan fingerprint density at radius 2 is 1.93 bits per heavy atom.